The first-order chi connectivity index (χ1) is 14.9. The Labute approximate surface area is 183 Å². The number of hydrogen-bond donors (Lipinski definition) is 0. The average Bonchev–Trinajstić information content (AvgIpc) is 2.77. The molecule has 0 saturated carbocycles. The highest BCUT2D eigenvalue weighted by atomic mass is 32.2. The summed E-state index contributed by atoms with van der Waals surface area (Å²) in [7, 11) is -3.82. The van der Waals surface area contributed by atoms with Gasteiger partial charge in [-0.05, 0) is 73.9 Å². The fourth-order valence-corrected chi connectivity index (χ4v) is 5.73. The Balaban J connectivity index is 1.58. The van der Waals surface area contributed by atoms with Crippen LogP contribution in [-0.2, 0) is 16.6 Å². The molecule has 0 N–H and O–H groups in total. The Kier molecular flexibility index (Phi) is 6.34. The molecule has 0 radical (unpaired) electrons. The van der Waals surface area contributed by atoms with Gasteiger partial charge in [0.15, 0.2) is 0 Å². The van der Waals surface area contributed by atoms with Gasteiger partial charge in [0.25, 0.3) is 10.0 Å². The number of aryl methyl sites for hydroxylation is 1. The van der Waals surface area contributed by atoms with Crippen LogP contribution in [0.3, 0.4) is 0 Å². The second kappa shape index (κ2) is 9.16. The normalized spacial score (nSPS) is 15.7. The minimum absolute atomic E-state index is 0.105. The zero-order valence-electron chi connectivity index (χ0n) is 17.5. The van der Waals surface area contributed by atoms with Crippen LogP contribution >= 0.6 is 0 Å². The Bertz CT molecular complexity index is 1100. The van der Waals surface area contributed by atoms with Gasteiger partial charge in [0.2, 0.25) is 0 Å². The van der Waals surface area contributed by atoms with Crippen molar-refractivity contribution in [2.24, 2.45) is 0 Å². The lowest BCUT2D eigenvalue weighted by molar-refractivity contribution is 0.206. The minimum atomic E-state index is -3.82. The molecular weight excluding hydrogens is 413 g/mol. The zero-order chi connectivity index (χ0) is 21.8. The number of aromatic nitrogens is 1. The average molecular weight is 440 g/mol. The van der Waals surface area contributed by atoms with Crippen molar-refractivity contribution in [1.29, 1.82) is 0 Å². The molecule has 0 aliphatic carbocycles. The number of piperidine rings is 1. The molecule has 1 aliphatic heterocycles. The molecule has 0 spiro atoms. The van der Waals surface area contributed by atoms with Crippen molar-refractivity contribution in [3.63, 3.8) is 0 Å². The number of sulfonamides is 1. The van der Waals surface area contributed by atoms with E-state index in [1.165, 1.54) is 34.1 Å². The predicted molar refractivity (Wildman–Crippen MR) is 120 cm³/mol. The summed E-state index contributed by atoms with van der Waals surface area (Å²) in [5.41, 5.74) is 2.90. The molecule has 1 aromatic heterocycles. The molecule has 31 heavy (non-hydrogen) atoms. The molecule has 162 valence electrons. The number of rotatable bonds is 6. The van der Waals surface area contributed by atoms with Crippen molar-refractivity contribution in [2.75, 3.05) is 17.4 Å². The lowest BCUT2D eigenvalue weighted by atomic mass is 10.0. The molecule has 2 heterocycles. The summed E-state index contributed by atoms with van der Waals surface area (Å²) in [6.07, 6.45) is 5.02. The molecule has 2 aromatic carbocycles. The highest BCUT2D eigenvalue weighted by Gasteiger charge is 2.34. The van der Waals surface area contributed by atoms with Crippen LogP contribution in [0.1, 0.15) is 24.0 Å². The van der Waals surface area contributed by atoms with Crippen LogP contribution < -0.4 is 4.31 Å². The third-order valence-electron chi connectivity index (χ3n) is 5.70. The first-order valence-electron chi connectivity index (χ1n) is 10.4. The molecular formula is C24H26FN3O2S. The van der Waals surface area contributed by atoms with Crippen LogP contribution in [0.2, 0.25) is 0 Å². The lowest BCUT2D eigenvalue weighted by Gasteiger charge is -2.39. The fraction of sp³-hybridized carbons (Fsp3) is 0.292. The Morgan fingerprint density at radius 3 is 2.19 bits per heavy atom. The van der Waals surface area contributed by atoms with Crippen LogP contribution in [-0.4, -0.2) is 37.4 Å². The first kappa shape index (κ1) is 21.5. The molecule has 1 saturated heterocycles. The van der Waals surface area contributed by atoms with Gasteiger partial charge in [0.1, 0.15) is 5.82 Å². The Morgan fingerprint density at radius 1 is 0.968 bits per heavy atom. The van der Waals surface area contributed by atoms with Gasteiger partial charge >= 0.3 is 0 Å². The summed E-state index contributed by atoms with van der Waals surface area (Å²) in [4.78, 5) is 6.50. The fourth-order valence-electron chi connectivity index (χ4n) is 4.02. The van der Waals surface area contributed by atoms with Gasteiger partial charge in [-0.1, -0.05) is 17.7 Å². The van der Waals surface area contributed by atoms with E-state index in [0.717, 1.165) is 38.0 Å². The smallest absolute Gasteiger partial charge is 0.264 e. The molecule has 0 amide bonds. The standard InChI is InChI=1S/C24H26FN3O2S/c1-19-2-6-22(7-3-19)28(31(29,30)24-8-4-21(25)5-9-24)23-12-16-27(17-13-23)18-20-10-14-26-15-11-20/h2-11,14-15,23H,12-13,16-18H2,1H3. The van der Waals surface area contributed by atoms with Crippen LogP contribution in [0.15, 0.2) is 78.0 Å². The number of halogens is 1. The van der Waals surface area contributed by atoms with Crippen LogP contribution in [0, 0.1) is 12.7 Å². The third kappa shape index (κ3) is 4.94. The van der Waals surface area contributed by atoms with Crippen molar-refractivity contribution in [3.8, 4) is 0 Å². The number of hydrogen-bond acceptors (Lipinski definition) is 4. The van der Waals surface area contributed by atoms with E-state index in [0.29, 0.717) is 5.69 Å². The summed E-state index contributed by atoms with van der Waals surface area (Å²) in [5, 5.41) is 0. The summed E-state index contributed by atoms with van der Waals surface area (Å²) in [5.74, 6) is -0.453. The van der Waals surface area contributed by atoms with Gasteiger partial charge in [-0.25, -0.2) is 12.8 Å². The van der Waals surface area contributed by atoms with E-state index in [9.17, 15) is 12.8 Å². The van der Waals surface area contributed by atoms with E-state index in [4.69, 9.17) is 0 Å². The number of pyridine rings is 1. The monoisotopic (exact) mass is 439 g/mol. The van der Waals surface area contributed by atoms with E-state index in [2.05, 4.69) is 9.88 Å². The molecule has 1 fully saturated rings. The van der Waals surface area contributed by atoms with Gasteiger partial charge in [-0.15, -0.1) is 0 Å². The molecule has 3 aromatic rings. The van der Waals surface area contributed by atoms with Gasteiger partial charge in [0, 0.05) is 38.1 Å². The van der Waals surface area contributed by atoms with Crippen LogP contribution in [0.5, 0.6) is 0 Å². The van der Waals surface area contributed by atoms with E-state index in [1.807, 2.05) is 43.3 Å². The van der Waals surface area contributed by atoms with E-state index in [-0.39, 0.29) is 10.9 Å². The second-order valence-electron chi connectivity index (χ2n) is 7.95. The molecule has 0 unspecified atom stereocenters. The highest BCUT2D eigenvalue weighted by molar-refractivity contribution is 7.92. The summed E-state index contributed by atoms with van der Waals surface area (Å²) in [6.45, 7) is 4.40. The van der Waals surface area contributed by atoms with Crippen LogP contribution in [0.25, 0.3) is 0 Å². The second-order valence-corrected chi connectivity index (χ2v) is 9.77. The Morgan fingerprint density at radius 2 is 1.58 bits per heavy atom. The van der Waals surface area contributed by atoms with Crippen molar-refractivity contribution < 1.29 is 12.8 Å². The largest absolute Gasteiger partial charge is 0.299 e. The predicted octanol–water partition coefficient (Wildman–Crippen LogP) is 4.39. The topological polar surface area (TPSA) is 53.5 Å². The summed E-state index contributed by atoms with van der Waals surface area (Å²) < 4.78 is 42.1. The number of likely N-dealkylation sites (tertiary alicyclic amines) is 1. The van der Waals surface area contributed by atoms with Crippen molar-refractivity contribution in [3.05, 3.63) is 90.0 Å². The summed E-state index contributed by atoms with van der Waals surface area (Å²) >= 11 is 0. The van der Waals surface area contributed by atoms with E-state index < -0.39 is 15.8 Å². The highest BCUT2D eigenvalue weighted by Crippen LogP contribution is 2.31. The van der Waals surface area contributed by atoms with Gasteiger partial charge in [0.05, 0.1) is 10.6 Å². The van der Waals surface area contributed by atoms with E-state index in [1.54, 1.807) is 12.4 Å². The number of benzene rings is 2. The maximum absolute atomic E-state index is 13.6. The number of anilines is 1. The SMILES string of the molecule is Cc1ccc(N(C2CCN(Cc3ccncc3)CC2)S(=O)(=O)c2ccc(F)cc2)cc1. The van der Waals surface area contributed by atoms with Gasteiger partial charge in [-0.2, -0.15) is 0 Å². The van der Waals surface area contributed by atoms with Gasteiger partial charge < -0.3 is 0 Å². The van der Waals surface area contributed by atoms with Crippen molar-refractivity contribution in [2.45, 2.75) is 37.2 Å². The molecule has 0 atom stereocenters. The molecule has 0 bridgehead atoms. The summed E-state index contributed by atoms with van der Waals surface area (Å²) in [6, 6.07) is 16.4. The third-order valence-corrected chi connectivity index (χ3v) is 7.60. The van der Waals surface area contributed by atoms with Crippen molar-refractivity contribution in [1.82, 2.24) is 9.88 Å². The lowest BCUT2D eigenvalue weighted by Crippen LogP contribution is -2.47. The number of nitrogens with zero attached hydrogens (tertiary/aromatic N) is 3. The maximum atomic E-state index is 13.6. The van der Waals surface area contributed by atoms with Crippen molar-refractivity contribution >= 4 is 15.7 Å². The molecule has 5 nitrogen and oxygen atoms in total. The van der Waals surface area contributed by atoms with Crippen LogP contribution in [0.4, 0.5) is 10.1 Å². The Hall–Kier alpha value is -2.77. The van der Waals surface area contributed by atoms with E-state index >= 15 is 0 Å². The first-order valence-corrected chi connectivity index (χ1v) is 11.9. The molecule has 7 heteroatoms. The molecule has 1 aliphatic rings. The van der Waals surface area contributed by atoms with Gasteiger partial charge in [-0.3, -0.25) is 14.2 Å². The zero-order valence-corrected chi connectivity index (χ0v) is 18.3. The molecule has 4 rings (SSSR count). The quantitative estimate of drug-likeness (QED) is 0.572. The minimum Gasteiger partial charge on any atom is -0.299 e. The maximum Gasteiger partial charge on any atom is 0.264 e.